The van der Waals surface area contributed by atoms with E-state index >= 15 is 0 Å². The van der Waals surface area contributed by atoms with Crippen molar-refractivity contribution in [3.8, 4) is 0 Å². The largest absolute Gasteiger partial charge is 0.394 e. The molecule has 0 radical (unpaired) electrons. The molecule has 2 fully saturated rings. The lowest BCUT2D eigenvalue weighted by molar-refractivity contribution is -0.359. The van der Waals surface area contributed by atoms with E-state index in [1.807, 2.05) is 6.08 Å². The lowest BCUT2D eigenvalue weighted by Crippen LogP contribution is -2.65. The van der Waals surface area contributed by atoms with Gasteiger partial charge in [-0.05, 0) is 51.4 Å². The van der Waals surface area contributed by atoms with E-state index < -0.39 is 86.8 Å². The Bertz CT molecular complexity index is 1530. The monoisotopic (exact) mass is 1180 g/mol. The van der Waals surface area contributed by atoms with Crippen molar-refractivity contribution in [3.63, 3.8) is 0 Å². The summed E-state index contributed by atoms with van der Waals surface area (Å²) in [6.07, 6.45) is 51.9. The average Bonchev–Trinajstić information content (AvgIpc) is 3.65. The predicted octanol–water partition coefficient (Wildman–Crippen LogP) is 13.7. The molecule has 0 aromatic heterocycles. The minimum absolute atomic E-state index is 0.235. The predicted molar refractivity (Wildman–Crippen MR) is 337 cm³/mol. The Kier molecular flexibility index (Phi) is 50.6. The number of nitrogens with one attached hydrogen (secondary N) is 1. The fourth-order valence-electron chi connectivity index (χ4n) is 11.5. The summed E-state index contributed by atoms with van der Waals surface area (Å²) in [5, 5.41) is 87.4. The molecule has 0 aliphatic carbocycles. The SMILES string of the molecule is CCCCCCC/C=C\C/C=C\CCCCCCCCCCCCCCCCCC(=O)NC(COC1OC(CO)C(OC2OC(CO)C(O)C(O)C2O)C(O)C1O)C(O)/C=C/CCCCCCCCCCCCCCCCCCCCCC. The Morgan fingerprint density at radius 3 is 1.20 bits per heavy atom. The second kappa shape index (κ2) is 54.4. The first-order chi connectivity index (χ1) is 40.6. The number of aliphatic hydroxyl groups excluding tert-OH is 8. The van der Waals surface area contributed by atoms with E-state index in [1.54, 1.807) is 6.08 Å². The smallest absolute Gasteiger partial charge is 0.220 e. The first-order valence-electron chi connectivity index (χ1n) is 34.7. The number of rotatable bonds is 57. The number of unbranched alkanes of at least 4 members (excludes halogenated alkanes) is 40. The number of aliphatic hydroxyl groups is 8. The quantitative estimate of drug-likeness (QED) is 0.0204. The maximum Gasteiger partial charge on any atom is 0.220 e. The van der Waals surface area contributed by atoms with Crippen LogP contribution in [0.15, 0.2) is 36.5 Å². The summed E-state index contributed by atoms with van der Waals surface area (Å²) < 4.78 is 22.9. The topological polar surface area (TPSA) is 228 Å². The highest BCUT2D eigenvalue weighted by Gasteiger charge is 2.51. The van der Waals surface area contributed by atoms with Crippen LogP contribution in [0.2, 0.25) is 0 Å². The maximum absolute atomic E-state index is 13.3. The van der Waals surface area contributed by atoms with Crippen LogP contribution in [0.25, 0.3) is 0 Å². The van der Waals surface area contributed by atoms with E-state index in [1.165, 1.54) is 231 Å². The van der Waals surface area contributed by atoms with E-state index in [4.69, 9.17) is 18.9 Å². The minimum atomic E-state index is -1.79. The van der Waals surface area contributed by atoms with Crippen LogP contribution in [0.1, 0.15) is 303 Å². The van der Waals surface area contributed by atoms with Gasteiger partial charge in [0, 0.05) is 6.42 Å². The molecular weight excluding hydrogens is 1050 g/mol. The summed E-state index contributed by atoms with van der Waals surface area (Å²) >= 11 is 0. The van der Waals surface area contributed by atoms with Crippen LogP contribution in [-0.2, 0) is 23.7 Å². The van der Waals surface area contributed by atoms with Gasteiger partial charge in [-0.2, -0.15) is 0 Å². The van der Waals surface area contributed by atoms with Crippen LogP contribution in [0, 0.1) is 0 Å². The molecule has 83 heavy (non-hydrogen) atoms. The first-order valence-corrected chi connectivity index (χ1v) is 34.7. The third-order valence-corrected chi connectivity index (χ3v) is 17.1. The molecule has 12 atom stereocenters. The Balaban J connectivity index is 1.69. The van der Waals surface area contributed by atoms with Gasteiger partial charge in [0.2, 0.25) is 5.91 Å². The number of carbonyl (C=O) groups is 1. The highest BCUT2D eigenvalue weighted by molar-refractivity contribution is 5.76. The van der Waals surface area contributed by atoms with Gasteiger partial charge in [0.1, 0.15) is 48.8 Å². The summed E-state index contributed by atoms with van der Waals surface area (Å²) in [5.41, 5.74) is 0. The molecule has 0 bridgehead atoms. The van der Waals surface area contributed by atoms with Crippen LogP contribution < -0.4 is 5.32 Å². The maximum atomic E-state index is 13.3. The Morgan fingerprint density at radius 2 is 0.795 bits per heavy atom. The van der Waals surface area contributed by atoms with Crippen molar-refractivity contribution >= 4 is 5.91 Å². The van der Waals surface area contributed by atoms with Gasteiger partial charge < -0.3 is 65.1 Å². The van der Waals surface area contributed by atoms with Gasteiger partial charge in [-0.25, -0.2) is 0 Å². The number of allylic oxidation sites excluding steroid dienone is 5. The Hall–Kier alpha value is -1.79. The third-order valence-electron chi connectivity index (χ3n) is 17.1. The molecule has 488 valence electrons. The van der Waals surface area contributed by atoms with Crippen LogP contribution in [0.4, 0.5) is 0 Å². The van der Waals surface area contributed by atoms with Crippen molar-refractivity contribution in [3.05, 3.63) is 36.5 Å². The molecule has 0 aromatic carbocycles. The molecular formula is C69H129NO13. The zero-order valence-electron chi connectivity index (χ0n) is 53.0. The number of ether oxygens (including phenoxy) is 4. The molecule has 2 heterocycles. The molecule has 2 saturated heterocycles. The lowest BCUT2D eigenvalue weighted by atomic mass is 9.97. The average molecular weight is 1180 g/mol. The summed E-state index contributed by atoms with van der Waals surface area (Å²) in [6.45, 7) is 2.83. The Morgan fingerprint density at radius 1 is 0.434 bits per heavy atom. The molecule has 2 rings (SSSR count). The van der Waals surface area contributed by atoms with Crippen molar-refractivity contribution in [1.82, 2.24) is 5.32 Å². The highest BCUT2D eigenvalue weighted by Crippen LogP contribution is 2.30. The standard InChI is InChI=1S/C69H129NO13/c1-3-5-7-9-11-13-15-17-19-21-23-25-27-28-29-30-31-33-35-37-39-41-43-45-47-49-51-53-61(74)70-57(56-80-68-66(79)64(77)67(60(55-72)82-68)83-69-65(78)63(76)62(75)59(54-71)81-69)58(73)52-50-48-46-44-42-40-38-36-34-32-26-24-22-20-18-16-14-12-10-8-6-4-2/h15,17,21,23,50,52,57-60,62-69,71-73,75-79H,3-14,16,18-20,22,24-49,51,53-56H2,1-2H3,(H,70,74)/b17-15-,23-21-,52-50+. The van der Waals surface area contributed by atoms with E-state index in [-0.39, 0.29) is 18.9 Å². The molecule has 2 aliphatic rings. The zero-order valence-corrected chi connectivity index (χ0v) is 53.0. The second-order valence-electron chi connectivity index (χ2n) is 24.7. The molecule has 1 amide bonds. The van der Waals surface area contributed by atoms with Gasteiger partial charge in [-0.1, -0.05) is 281 Å². The number of carbonyl (C=O) groups excluding carboxylic acids is 1. The first kappa shape index (κ1) is 77.3. The lowest BCUT2D eigenvalue weighted by Gasteiger charge is -2.46. The van der Waals surface area contributed by atoms with Gasteiger partial charge in [0.15, 0.2) is 12.6 Å². The van der Waals surface area contributed by atoms with Crippen molar-refractivity contribution in [2.75, 3.05) is 19.8 Å². The molecule has 0 spiro atoms. The number of hydrogen-bond donors (Lipinski definition) is 9. The van der Waals surface area contributed by atoms with Gasteiger partial charge in [0.05, 0.1) is 32.0 Å². The molecule has 0 aromatic rings. The third kappa shape index (κ3) is 39.0. The van der Waals surface area contributed by atoms with E-state index in [9.17, 15) is 45.6 Å². The summed E-state index contributed by atoms with van der Waals surface area (Å²) in [7, 11) is 0. The van der Waals surface area contributed by atoms with Gasteiger partial charge >= 0.3 is 0 Å². The number of amides is 1. The summed E-state index contributed by atoms with van der Waals surface area (Å²) in [6, 6.07) is -0.915. The van der Waals surface area contributed by atoms with Crippen molar-refractivity contribution < 1.29 is 64.6 Å². The zero-order chi connectivity index (χ0) is 60.2. The summed E-state index contributed by atoms with van der Waals surface area (Å²) in [5.74, 6) is -0.235. The van der Waals surface area contributed by atoms with E-state index in [0.717, 1.165) is 44.9 Å². The van der Waals surface area contributed by atoms with Gasteiger partial charge in [-0.3, -0.25) is 4.79 Å². The molecule has 14 nitrogen and oxygen atoms in total. The fraction of sp³-hybridized carbons (Fsp3) is 0.899. The second-order valence-corrected chi connectivity index (χ2v) is 24.7. The van der Waals surface area contributed by atoms with E-state index in [0.29, 0.717) is 6.42 Å². The van der Waals surface area contributed by atoms with Crippen molar-refractivity contribution in [1.29, 1.82) is 0 Å². The molecule has 14 heteroatoms. The van der Waals surface area contributed by atoms with Gasteiger partial charge in [-0.15, -0.1) is 0 Å². The minimum Gasteiger partial charge on any atom is -0.394 e. The molecule has 9 N–H and O–H groups in total. The fourth-order valence-corrected chi connectivity index (χ4v) is 11.5. The normalized spacial score (nSPS) is 24.0. The molecule has 2 aliphatic heterocycles. The highest BCUT2D eigenvalue weighted by atomic mass is 16.7. The van der Waals surface area contributed by atoms with Crippen LogP contribution in [0.5, 0.6) is 0 Å². The summed E-state index contributed by atoms with van der Waals surface area (Å²) in [4.78, 5) is 13.3. The van der Waals surface area contributed by atoms with Crippen LogP contribution >= 0.6 is 0 Å². The van der Waals surface area contributed by atoms with Gasteiger partial charge in [0.25, 0.3) is 0 Å². The Labute approximate surface area is 506 Å². The number of hydrogen-bond acceptors (Lipinski definition) is 13. The van der Waals surface area contributed by atoms with Crippen molar-refractivity contribution in [2.45, 2.75) is 376 Å². The van der Waals surface area contributed by atoms with E-state index in [2.05, 4.69) is 43.5 Å². The van der Waals surface area contributed by atoms with Crippen molar-refractivity contribution in [2.24, 2.45) is 0 Å². The molecule has 12 unspecified atom stereocenters. The van der Waals surface area contributed by atoms with Crippen LogP contribution in [-0.4, -0.2) is 140 Å². The van der Waals surface area contributed by atoms with Crippen LogP contribution in [0.3, 0.4) is 0 Å². The molecule has 0 saturated carbocycles.